The number of hydrogen-bond donors (Lipinski definition) is 1. The number of hydrogen-bond acceptors (Lipinski definition) is 3. The number of nitrogens with zero attached hydrogens (tertiary/aromatic N) is 2. The largest absolute Gasteiger partial charge is 0.370 e. The fourth-order valence-electron chi connectivity index (χ4n) is 1.93. The van der Waals surface area contributed by atoms with Crippen molar-refractivity contribution in [3.8, 4) is 6.07 Å². The van der Waals surface area contributed by atoms with Gasteiger partial charge in [0.05, 0.1) is 12.0 Å². The molecule has 17 heavy (non-hydrogen) atoms. The number of anilines is 1. The molecule has 0 bridgehead atoms. The summed E-state index contributed by atoms with van der Waals surface area (Å²) in [5, 5.41) is 8.90. The summed E-state index contributed by atoms with van der Waals surface area (Å²) in [6.07, 6.45) is 0. The monoisotopic (exact) mass is 231 g/mol. The van der Waals surface area contributed by atoms with Gasteiger partial charge in [-0.2, -0.15) is 5.26 Å². The second-order valence-electron chi connectivity index (χ2n) is 4.42. The van der Waals surface area contributed by atoms with E-state index >= 15 is 0 Å². The van der Waals surface area contributed by atoms with Crippen molar-refractivity contribution in [2.75, 3.05) is 18.0 Å². The molecule has 3 nitrogen and oxygen atoms in total. The Bertz CT molecular complexity index is 393. The van der Waals surface area contributed by atoms with Crippen LogP contribution in [-0.2, 0) is 0 Å². The Kier molecular flexibility index (Phi) is 4.99. The predicted octanol–water partition coefficient (Wildman–Crippen LogP) is 2.69. The minimum atomic E-state index is 0.0117. The van der Waals surface area contributed by atoms with Crippen molar-refractivity contribution in [1.29, 1.82) is 5.26 Å². The van der Waals surface area contributed by atoms with Crippen molar-refractivity contribution < 1.29 is 0 Å². The van der Waals surface area contributed by atoms with Gasteiger partial charge < -0.3 is 10.6 Å². The first-order valence-electron chi connectivity index (χ1n) is 6.09. The van der Waals surface area contributed by atoms with Gasteiger partial charge in [0.15, 0.2) is 0 Å². The number of nitrogens with two attached hydrogens (primary N) is 1. The molecule has 3 heteroatoms. The smallest absolute Gasteiger partial charge is 0.0671 e. The van der Waals surface area contributed by atoms with E-state index in [4.69, 9.17) is 11.0 Å². The highest BCUT2D eigenvalue weighted by molar-refractivity contribution is 5.55. The van der Waals surface area contributed by atoms with Gasteiger partial charge >= 0.3 is 0 Å². The van der Waals surface area contributed by atoms with Crippen LogP contribution in [0.1, 0.15) is 32.4 Å². The lowest BCUT2D eigenvalue weighted by Gasteiger charge is -2.27. The van der Waals surface area contributed by atoms with E-state index in [9.17, 15) is 0 Å². The van der Waals surface area contributed by atoms with Gasteiger partial charge in [0.2, 0.25) is 0 Å². The van der Waals surface area contributed by atoms with Gasteiger partial charge in [-0.1, -0.05) is 18.2 Å². The van der Waals surface area contributed by atoms with E-state index in [0.29, 0.717) is 0 Å². The Morgan fingerprint density at radius 1 is 1.35 bits per heavy atom. The summed E-state index contributed by atoms with van der Waals surface area (Å²) in [5.41, 5.74) is 8.26. The summed E-state index contributed by atoms with van der Waals surface area (Å²) in [4.78, 5) is 2.21. The normalized spacial score (nSPS) is 13.8. The fourth-order valence-corrected chi connectivity index (χ4v) is 1.93. The Hall–Kier alpha value is -1.53. The minimum Gasteiger partial charge on any atom is -0.370 e. The van der Waals surface area contributed by atoms with Gasteiger partial charge in [-0.25, -0.2) is 0 Å². The molecular formula is C14H21N3. The van der Waals surface area contributed by atoms with E-state index in [1.54, 1.807) is 0 Å². The average Bonchev–Trinajstić information content (AvgIpc) is 2.35. The van der Waals surface area contributed by atoms with Gasteiger partial charge in [0.25, 0.3) is 0 Å². The molecule has 0 fully saturated rings. The quantitative estimate of drug-likeness (QED) is 0.847. The van der Waals surface area contributed by atoms with E-state index < -0.39 is 0 Å². The second-order valence-corrected chi connectivity index (χ2v) is 4.42. The molecule has 0 aliphatic carbocycles. The Morgan fingerprint density at radius 2 is 2.00 bits per heavy atom. The molecule has 0 amide bonds. The Morgan fingerprint density at radius 3 is 2.53 bits per heavy atom. The second kappa shape index (κ2) is 6.27. The molecule has 1 aromatic rings. The van der Waals surface area contributed by atoms with E-state index in [0.717, 1.165) is 24.3 Å². The van der Waals surface area contributed by atoms with Crippen LogP contribution in [-0.4, -0.2) is 13.1 Å². The fraction of sp³-hybridized carbons (Fsp3) is 0.500. The third-order valence-corrected chi connectivity index (χ3v) is 2.86. The molecule has 2 atom stereocenters. The number of benzene rings is 1. The molecule has 0 heterocycles. The van der Waals surface area contributed by atoms with Crippen molar-refractivity contribution in [2.45, 2.75) is 26.8 Å². The van der Waals surface area contributed by atoms with Crippen LogP contribution in [0.15, 0.2) is 24.3 Å². The molecule has 0 saturated heterocycles. The molecule has 1 aromatic carbocycles. The molecule has 1 rings (SSSR count). The maximum absolute atomic E-state index is 8.90. The molecule has 92 valence electrons. The average molecular weight is 231 g/mol. The SMILES string of the molecule is CCN(CC(C)C#N)c1ccccc1[C@@H](C)N. The highest BCUT2D eigenvalue weighted by atomic mass is 15.1. The van der Waals surface area contributed by atoms with Crippen LogP contribution < -0.4 is 10.6 Å². The molecule has 2 N–H and O–H groups in total. The molecule has 0 radical (unpaired) electrons. The topological polar surface area (TPSA) is 53.0 Å². The maximum atomic E-state index is 8.90. The first-order chi connectivity index (χ1) is 8.10. The molecule has 0 saturated carbocycles. The summed E-state index contributed by atoms with van der Waals surface area (Å²) >= 11 is 0. The van der Waals surface area contributed by atoms with Crippen LogP contribution in [0.4, 0.5) is 5.69 Å². The van der Waals surface area contributed by atoms with E-state index in [1.807, 2.05) is 26.0 Å². The standard InChI is InChI=1S/C14H21N3/c1-4-17(10-11(2)9-15)14-8-6-5-7-13(14)12(3)16/h5-8,11-12H,4,10,16H2,1-3H3/t11?,12-/m1/s1. The molecule has 0 aromatic heterocycles. The van der Waals surface area contributed by atoms with Crippen LogP contribution >= 0.6 is 0 Å². The lowest BCUT2D eigenvalue weighted by Crippen LogP contribution is -2.29. The van der Waals surface area contributed by atoms with Crippen LogP contribution in [0.5, 0.6) is 0 Å². The number of rotatable bonds is 5. The summed E-state index contributed by atoms with van der Waals surface area (Å²) in [5.74, 6) is 0.0242. The summed E-state index contributed by atoms with van der Waals surface area (Å²) < 4.78 is 0. The zero-order valence-electron chi connectivity index (χ0n) is 10.9. The zero-order chi connectivity index (χ0) is 12.8. The van der Waals surface area contributed by atoms with Crippen LogP contribution in [0.3, 0.4) is 0 Å². The van der Waals surface area contributed by atoms with Gasteiger partial charge in [-0.3, -0.25) is 0 Å². The van der Waals surface area contributed by atoms with Crippen LogP contribution in [0.25, 0.3) is 0 Å². The highest BCUT2D eigenvalue weighted by Crippen LogP contribution is 2.25. The summed E-state index contributed by atoms with van der Waals surface area (Å²) in [7, 11) is 0. The van der Waals surface area contributed by atoms with Gasteiger partial charge in [0.1, 0.15) is 0 Å². The third kappa shape index (κ3) is 3.47. The van der Waals surface area contributed by atoms with Gasteiger partial charge in [-0.05, 0) is 32.4 Å². The lowest BCUT2D eigenvalue weighted by atomic mass is 10.0. The predicted molar refractivity (Wildman–Crippen MR) is 71.7 cm³/mol. The van der Waals surface area contributed by atoms with E-state index in [-0.39, 0.29) is 12.0 Å². The van der Waals surface area contributed by atoms with Crippen molar-refractivity contribution >= 4 is 5.69 Å². The van der Waals surface area contributed by atoms with Gasteiger partial charge in [0, 0.05) is 24.8 Å². The van der Waals surface area contributed by atoms with Crippen molar-refractivity contribution in [1.82, 2.24) is 0 Å². The van der Waals surface area contributed by atoms with Crippen LogP contribution in [0, 0.1) is 17.2 Å². The molecular weight excluding hydrogens is 210 g/mol. The first kappa shape index (κ1) is 13.5. The van der Waals surface area contributed by atoms with Crippen molar-refractivity contribution in [3.63, 3.8) is 0 Å². The highest BCUT2D eigenvalue weighted by Gasteiger charge is 2.14. The first-order valence-corrected chi connectivity index (χ1v) is 6.09. The molecule has 0 spiro atoms. The Labute approximate surface area is 104 Å². The van der Waals surface area contributed by atoms with E-state index in [2.05, 4.69) is 30.0 Å². The molecule has 0 aliphatic heterocycles. The maximum Gasteiger partial charge on any atom is 0.0671 e. The molecule has 0 aliphatic rings. The van der Waals surface area contributed by atoms with Crippen molar-refractivity contribution in [3.05, 3.63) is 29.8 Å². The lowest BCUT2D eigenvalue weighted by molar-refractivity contribution is 0.678. The number of para-hydroxylation sites is 1. The van der Waals surface area contributed by atoms with Crippen LogP contribution in [0.2, 0.25) is 0 Å². The van der Waals surface area contributed by atoms with Gasteiger partial charge in [-0.15, -0.1) is 0 Å². The minimum absolute atomic E-state index is 0.0117. The Balaban J connectivity index is 2.99. The third-order valence-electron chi connectivity index (χ3n) is 2.86. The summed E-state index contributed by atoms with van der Waals surface area (Å²) in [6, 6.07) is 10.4. The molecule has 1 unspecified atom stereocenters. The summed E-state index contributed by atoms with van der Waals surface area (Å²) in [6.45, 7) is 7.66. The zero-order valence-corrected chi connectivity index (χ0v) is 10.9. The van der Waals surface area contributed by atoms with Crippen molar-refractivity contribution in [2.24, 2.45) is 11.7 Å². The number of nitriles is 1. The van der Waals surface area contributed by atoms with E-state index in [1.165, 1.54) is 0 Å².